The van der Waals surface area contributed by atoms with Crippen LogP contribution in [0.15, 0.2) is 11.8 Å². The number of hydrogen-bond donors (Lipinski definition) is 1. The van der Waals surface area contributed by atoms with Gasteiger partial charge in [0.2, 0.25) is 0 Å². The molecule has 0 aromatic heterocycles. The summed E-state index contributed by atoms with van der Waals surface area (Å²) in [6.07, 6.45) is 4.08. The predicted molar refractivity (Wildman–Crippen MR) is 39.0 cm³/mol. The first-order valence-corrected chi connectivity index (χ1v) is 3.41. The van der Waals surface area contributed by atoms with Crippen molar-refractivity contribution in [3.8, 4) is 0 Å². The van der Waals surface area contributed by atoms with Gasteiger partial charge in [-0.15, -0.1) is 0 Å². The SMILES string of the molecule is CN1CCC(=CN)CC1. The van der Waals surface area contributed by atoms with Crippen LogP contribution in [0.5, 0.6) is 0 Å². The molecule has 2 heteroatoms. The van der Waals surface area contributed by atoms with Crippen LogP contribution < -0.4 is 5.73 Å². The van der Waals surface area contributed by atoms with Crippen molar-refractivity contribution in [2.45, 2.75) is 12.8 Å². The molecule has 0 atom stereocenters. The highest BCUT2D eigenvalue weighted by Gasteiger charge is 2.07. The number of nitrogens with zero attached hydrogens (tertiary/aromatic N) is 1. The Morgan fingerprint density at radius 2 is 2.00 bits per heavy atom. The lowest BCUT2D eigenvalue weighted by atomic mass is 10.1. The molecule has 0 amide bonds. The summed E-state index contributed by atoms with van der Waals surface area (Å²) >= 11 is 0. The topological polar surface area (TPSA) is 29.3 Å². The van der Waals surface area contributed by atoms with Gasteiger partial charge in [-0.3, -0.25) is 0 Å². The molecule has 0 aliphatic carbocycles. The van der Waals surface area contributed by atoms with Crippen LogP contribution in [0.1, 0.15) is 12.8 Å². The maximum atomic E-state index is 5.37. The quantitative estimate of drug-likeness (QED) is 0.513. The molecule has 2 nitrogen and oxygen atoms in total. The van der Waals surface area contributed by atoms with Gasteiger partial charge < -0.3 is 10.6 Å². The van der Waals surface area contributed by atoms with Gasteiger partial charge in [0, 0.05) is 13.1 Å². The number of rotatable bonds is 0. The van der Waals surface area contributed by atoms with Crippen molar-refractivity contribution in [3.05, 3.63) is 11.8 Å². The first kappa shape index (κ1) is 6.62. The Kier molecular flexibility index (Phi) is 2.11. The standard InChI is InChI=1S/C7H14N2/c1-9-4-2-7(6-8)3-5-9/h6H,2-5,8H2,1H3. The van der Waals surface area contributed by atoms with Crippen LogP contribution in [0.3, 0.4) is 0 Å². The average molecular weight is 126 g/mol. The summed E-state index contributed by atoms with van der Waals surface area (Å²) < 4.78 is 0. The average Bonchev–Trinajstić information content (AvgIpc) is 1.90. The van der Waals surface area contributed by atoms with E-state index in [1.807, 2.05) is 0 Å². The van der Waals surface area contributed by atoms with Crippen LogP contribution in [0, 0.1) is 0 Å². The van der Waals surface area contributed by atoms with Crippen molar-refractivity contribution in [1.82, 2.24) is 4.90 Å². The van der Waals surface area contributed by atoms with Gasteiger partial charge in [-0.25, -0.2) is 0 Å². The Balaban J connectivity index is 2.35. The van der Waals surface area contributed by atoms with E-state index >= 15 is 0 Å². The van der Waals surface area contributed by atoms with E-state index in [1.165, 1.54) is 18.7 Å². The minimum absolute atomic E-state index is 1.16. The fraction of sp³-hybridized carbons (Fsp3) is 0.714. The van der Waals surface area contributed by atoms with Gasteiger partial charge >= 0.3 is 0 Å². The van der Waals surface area contributed by atoms with E-state index in [9.17, 15) is 0 Å². The smallest absolute Gasteiger partial charge is 0.00163 e. The van der Waals surface area contributed by atoms with E-state index in [4.69, 9.17) is 5.73 Å². The Hall–Kier alpha value is -0.500. The fourth-order valence-electron chi connectivity index (χ4n) is 1.07. The Labute approximate surface area is 56.3 Å². The van der Waals surface area contributed by atoms with Crippen LogP contribution in [0.2, 0.25) is 0 Å². The summed E-state index contributed by atoms with van der Waals surface area (Å²) in [5.74, 6) is 0. The van der Waals surface area contributed by atoms with Gasteiger partial charge in [-0.1, -0.05) is 5.57 Å². The molecule has 1 fully saturated rings. The zero-order chi connectivity index (χ0) is 6.69. The van der Waals surface area contributed by atoms with E-state index in [0.29, 0.717) is 0 Å². The molecular formula is C7H14N2. The maximum Gasteiger partial charge on any atom is 0.00163 e. The summed E-state index contributed by atoms with van der Waals surface area (Å²) in [6.45, 7) is 2.34. The Morgan fingerprint density at radius 1 is 1.44 bits per heavy atom. The molecule has 0 aromatic carbocycles. The van der Waals surface area contributed by atoms with Crippen molar-refractivity contribution in [2.24, 2.45) is 5.73 Å². The van der Waals surface area contributed by atoms with E-state index in [0.717, 1.165) is 12.8 Å². The molecule has 9 heavy (non-hydrogen) atoms. The van der Waals surface area contributed by atoms with E-state index in [-0.39, 0.29) is 0 Å². The highest BCUT2D eigenvalue weighted by Crippen LogP contribution is 2.12. The lowest BCUT2D eigenvalue weighted by Gasteiger charge is -2.23. The molecule has 0 spiro atoms. The van der Waals surface area contributed by atoms with Gasteiger partial charge in [0.05, 0.1) is 0 Å². The highest BCUT2D eigenvalue weighted by molar-refractivity contribution is 5.02. The maximum absolute atomic E-state index is 5.37. The number of nitrogens with two attached hydrogens (primary N) is 1. The second-order valence-electron chi connectivity index (χ2n) is 2.63. The molecular weight excluding hydrogens is 112 g/mol. The minimum atomic E-state index is 1.16. The largest absolute Gasteiger partial charge is 0.405 e. The molecule has 1 saturated heterocycles. The lowest BCUT2D eigenvalue weighted by Crippen LogP contribution is -2.26. The molecule has 2 N–H and O–H groups in total. The first-order chi connectivity index (χ1) is 4.33. The third-order valence-electron chi connectivity index (χ3n) is 1.86. The minimum Gasteiger partial charge on any atom is -0.405 e. The van der Waals surface area contributed by atoms with Crippen molar-refractivity contribution >= 4 is 0 Å². The molecule has 0 unspecified atom stereocenters. The summed E-state index contributed by atoms with van der Waals surface area (Å²) in [5, 5.41) is 0. The van der Waals surface area contributed by atoms with E-state index < -0.39 is 0 Å². The molecule has 0 radical (unpaired) electrons. The first-order valence-electron chi connectivity index (χ1n) is 3.41. The summed E-state index contributed by atoms with van der Waals surface area (Å²) in [6, 6.07) is 0. The second kappa shape index (κ2) is 2.87. The zero-order valence-electron chi connectivity index (χ0n) is 5.93. The molecule has 0 saturated carbocycles. The molecule has 52 valence electrons. The normalized spacial score (nSPS) is 22.1. The highest BCUT2D eigenvalue weighted by atomic mass is 15.1. The monoisotopic (exact) mass is 126 g/mol. The summed E-state index contributed by atoms with van der Waals surface area (Å²) in [7, 11) is 2.15. The number of piperidine rings is 1. The molecule has 1 heterocycles. The molecule has 1 rings (SSSR count). The van der Waals surface area contributed by atoms with Crippen molar-refractivity contribution < 1.29 is 0 Å². The van der Waals surface area contributed by atoms with Crippen LogP contribution in [-0.2, 0) is 0 Å². The van der Waals surface area contributed by atoms with Gasteiger partial charge in [0.1, 0.15) is 0 Å². The third kappa shape index (κ3) is 1.72. The zero-order valence-corrected chi connectivity index (χ0v) is 5.93. The molecule has 1 aliphatic heterocycles. The van der Waals surface area contributed by atoms with Crippen LogP contribution >= 0.6 is 0 Å². The van der Waals surface area contributed by atoms with Crippen LogP contribution in [0.25, 0.3) is 0 Å². The number of likely N-dealkylation sites (tertiary alicyclic amines) is 1. The molecule has 0 aromatic rings. The Bertz CT molecular complexity index is 108. The Morgan fingerprint density at radius 3 is 2.44 bits per heavy atom. The third-order valence-corrected chi connectivity index (χ3v) is 1.86. The summed E-state index contributed by atoms with van der Waals surface area (Å²) in [4.78, 5) is 2.33. The predicted octanol–water partition coefficient (Wildman–Crippen LogP) is 0.555. The number of hydrogen-bond acceptors (Lipinski definition) is 2. The van der Waals surface area contributed by atoms with Gasteiger partial charge in [-0.2, -0.15) is 0 Å². The second-order valence-corrected chi connectivity index (χ2v) is 2.63. The molecule has 1 aliphatic rings. The van der Waals surface area contributed by atoms with Gasteiger partial charge in [-0.05, 0) is 26.1 Å². The van der Waals surface area contributed by atoms with Gasteiger partial charge in [0.25, 0.3) is 0 Å². The lowest BCUT2D eigenvalue weighted by molar-refractivity contribution is 0.312. The summed E-state index contributed by atoms with van der Waals surface area (Å²) in [5.41, 5.74) is 6.78. The molecule has 0 bridgehead atoms. The van der Waals surface area contributed by atoms with E-state index in [2.05, 4.69) is 11.9 Å². The van der Waals surface area contributed by atoms with Crippen LogP contribution in [-0.4, -0.2) is 25.0 Å². The van der Waals surface area contributed by atoms with Crippen molar-refractivity contribution in [1.29, 1.82) is 0 Å². The van der Waals surface area contributed by atoms with E-state index in [1.54, 1.807) is 6.20 Å². The fourth-order valence-corrected chi connectivity index (χ4v) is 1.07. The van der Waals surface area contributed by atoms with Crippen molar-refractivity contribution in [3.63, 3.8) is 0 Å². The van der Waals surface area contributed by atoms with Crippen molar-refractivity contribution in [2.75, 3.05) is 20.1 Å². The van der Waals surface area contributed by atoms with Crippen LogP contribution in [0.4, 0.5) is 0 Å². The van der Waals surface area contributed by atoms with Gasteiger partial charge in [0.15, 0.2) is 0 Å².